The lowest BCUT2D eigenvalue weighted by molar-refractivity contribution is -0.141. The number of aliphatic carboxylic acids is 1. The zero-order valence-corrected chi connectivity index (χ0v) is 9.34. The summed E-state index contributed by atoms with van der Waals surface area (Å²) in [5.74, 6) is -1.18. The van der Waals surface area contributed by atoms with E-state index in [1.165, 1.54) is 6.92 Å². The molecule has 0 aliphatic heterocycles. The molecule has 82 valence electrons. The normalized spacial score (nSPS) is 14.9. The van der Waals surface area contributed by atoms with Gasteiger partial charge in [-0.05, 0) is 19.3 Å². The first-order valence-corrected chi connectivity index (χ1v) is 4.95. The van der Waals surface area contributed by atoms with E-state index < -0.39 is 23.3 Å². The summed E-state index contributed by atoms with van der Waals surface area (Å²) in [7, 11) is 0. The van der Waals surface area contributed by atoms with E-state index in [1.807, 2.05) is 13.8 Å². The lowest BCUT2D eigenvalue weighted by atomic mass is 10.1. The Labute approximate surface area is 88.6 Å². The van der Waals surface area contributed by atoms with Gasteiger partial charge in [-0.2, -0.15) is 0 Å². The van der Waals surface area contributed by atoms with Crippen molar-refractivity contribution in [1.82, 2.24) is 5.32 Å². The van der Waals surface area contributed by atoms with Crippen molar-refractivity contribution in [2.45, 2.75) is 38.6 Å². The van der Waals surface area contributed by atoms with Crippen LogP contribution in [0.3, 0.4) is 0 Å². The van der Waals surface area contributed by atoms with Gasteiger partial charge in [0.05, 0.1) is 0 Å². The Morgan fingerprint density at radius 2 is 1.86 bits per heavy atom. The second-order valence-electron chi connectivity index (χ2n) is 3.67. The van der Waals surface area contributed by atoms with E-state index in [0.29, 0.717) is 12.3 Å². The van der Waals surface area contributed by atoms with Gasteiger partial charge in [-0.1, -0.05) is 13.8 Å². The molecule has 0 saturated carbocycles. The molecule has 5 heteroatoms. The Morgan fingerprint density at radius 1 is 1.36 bits per heavy atom. The molecule has 0 radical (unpaired) electrons. The topological polar surface area (TPSA) is 66.4 Å². The van der Waals surface area contributed by atoms with E-state index in [9.17, 15) is 9.59 Å². The van der Waals surface area contributed by atoms with Crippen LogP contribution in [-0.2, 0) is 9.59 Å². The number of rotatable bonds is 5. The van der Waals surface area contributed by atoms with Gasteiger partial charge >= 0.3 is 5.97 Å². The lowest BCUT2D eigenvalue weighted by Crippen LogP contribution is -2.42. The summed E-state index contributed by atoms with van der Waals surface area (Å²) in [5, 5.41) is 10.2. The van der Waals surface area contributed by atoms with Crippen molar-refractivity contribution >= 4 is 23.5 Å². The Balaban J connectivity index is 4.01. The summed E-state index contributed by atoms with van der Waals surface area (Å²) < 4.78 is 0. The summed E-state index contributed by atoms with van der Waals surface area (Å²) in [5.41, 5.74) is 0. The largest absolute Gasteiger partial charge is 0.480 e. The highest BCUT2D eigenvalue weighted by Crippen LogP contribution is 2.10. The minimum absolute atomic E-state index is 0.309. The molecule has 2 atom stereocenters. The molecular formula is C9H16ClNO3. The Morgan fingerprint density at radius 3 is 2.21 bits per heavy atom. The van der Waals surface area contributed by atoms with Crippen LogP contribution in [0.2, 0.25) is 0 Å². The molecule has 0 fully saturated rings. The Kier molecular flexibility index (Phi) is 5.53. The van der Waals surface area contributed by atoms with Gasteiger partial charge in [0.15, 0.2) is 0 Å². The van der Waals surface area contributed by atoms with E-state index in [0.717, 1.165) is 0 Å². The van der Waals surface area contributed by atoms with Crippen LogP contribution in [0.1, 0.15) is 27.2 Å². The quantitative estimate of drug-likeness (QED) is 0.687. The SMILES string of the molecule is CC(C)CC(Cl)C(=O)NC(C)C(=O)O. The van der Waals surface area contributed by atoms with Crippen LogP contribution in [0.15, 0.2) is 0 Å². The monoisotopic (exact) mass is 221 g/mol. The number of nitrogens with one attached hydrogen (secondary N) is 1. The maximum Gasteiger partial charge on any atom is 0.325 e. The lowest BCUT2D eigenvalue weighted by Gasteiger charge is -2.14. The van der Waals surface area contributed by atoms with Crippen LogP contribution in [0, 0.1) is 5.92 Å². The van der Waals surface area contributed by atoms with Crippen molar-refractivity contribution in [2.24, 2.45) is 5.92 Å². The predicted octanol–water partition coefficient (Wildman–Crippen LogP) is 1.23. The number of alkyl halides is 1. The van der Waals surface area contributed by atoms with Gasteiger partial charge in [0, 0.05) is 0 Å². The van der Waals surface area contributed by atoms with E-state index in [-0.39, 0.29) is 0 Å². The standard InChI is InChI=1S/C9H16ClNO3/c1-5(2)4-7(10)8(12)11-6(3)9(13)14/h5-7H,4H2,1-3H3,(H,11,12)(H,13,14). The van der Waals surface area contributed by atoms with Gasteiger partial charge in [0.25, 0.3) is 0 Å². The van der Waals surface area contributed by atoms with E-state index in [1.54, 1.807) is 0 Å². The first kappa shape index (κ1) is 13.2. The van der Waals surface area contributed by atoms with Crippen molar-refractivity contribution < 1.29 is 14.7 Å². The van der Waals surface area contributed by atoms with E-state index in [4.69, 9.17) is 16.7 Å². The molecule has 0 bridgehead atoms. The smallest absolute Gasteiger partial charge is 0.325 e. The van der Waals surface area contributed by atoms with Crippen molar-refractivity contribution in [1.29, 1.82) is 0 Å². The minimum atomic E-state index is -1.06. The number of carbonyl (C=O) groups is 2. The molecule has 0 aromatic carbocycles. The maximum atomic E-state index is 11.3. The average Bonchev–Trinajstić information content (AvgIpc) is 2.02. The van der Waals surface area contributed by atoms with Crippen molar-refractivity contribution in [3.8, 4) is 0 Å². The molecule has 0 heterocycles. The number of amides is 1. The van der Waals surface area contributed by atoms with Gasteiger partial charge in [-0.15, -0.1) is 11.6 Å². The molecule has 14 heavy (non-hydrogen) atoms. The highest BCUT2D eigenvalue weighted by molar-refractivity contribution is 6.30. The molecule has 0 aliphatic carbocycles. The molecule has 2 unspecified atom stereocenters. The van der Waals surface area contributed by atoms with Crippen LogP contribution in [0.4, 0.5) is 0 Å². The fraction of sp³-hybridized carbons (Fsp3) is 0.778. The summed E-state index contributed by atoms with van der Waals surface area (Å²) in [6.45, 7) is 5.30. The fourth-order valence-electron chi connectivity index (χ4n) is 0.886. The van der Waals surface area contributed by atoms with Gasteiger partial charge in [0.2, 0.25) is 5.91 Å². The number of halogens is 1. The minimum Gasteiger partial charge on any atom is -0.480 e. The second kappa shape index (κ2) is 5.86. The van der Waals surface area contributed by atoms with Crippen LogP contribution in [-0.4, -0.2) is 28.4 Å². The average molecular weight is 222 g/mol. The van der Waals surface area contributed by atoms with E-state index in [2.05, 4.69) is 5.32 Å². The summed E-state index contributed by atoms with van der Waals surface area (Å²) in [4.78, 5) is 21.7. The molecule has 0 aliphatic rings. The van der Waals surface area contributed by atoms with Gasteiger partial charge in [0.1, 0.15) is 11.4 Å². The fourth-order valence-corrected chi connectivity index (χ4v) is 1.31. The number of carboxylic acid groups (broad SMARTS) is 1. The van der Waals surface area contributed by atoms with Crippen LogP contribution >= 0.6 is 11.6 Å². The molecule has 0 rings (SSSR count). The van der Waals surface area contributed by atoms with Crippen molar-refractivity contribution in [3.63, 3.8) is 0 Å². The predicted molar refractivity (Wildman–Crippen MR) is 54.3 cm³/mol. The number of carbonyl (C=O) groups excluding carboxylic acids is 1. The van der Waals surface area contributed by atoms with Gasteiger partial charge in [-0.25, -0.2) is 0 Å². The highest BCUT2D eigenvalue weighted by Gasteiger charge is 2.20. The first-order chi connectivity index (χ1) is 6.34. The third-order valence-electron chi connectivity index (χ3n) is 1.69. The number of hydrogen-bond donors (Lipinski definition) is 2. The van der Waals surface area contributed by atoms with Gasteiger partial charge in [-0.3, -0.25) is 9.59 Å². The van der Waals surface area contributed by atoms with Crippen LogP contribution in [0.25, 0.3) is 0 Å². The van der Waals surface area contributed by atoms with Gasteiger partial charge < -0.3 is 10.4 Å². The second-order valence-corrected chi connectivity index (χ2v) is 4.19. The van der Waals surface area contributed by atoms with Crippen LogP contribution in [0.5, 0.6) is 0 Å². The van der Waals surface area contributed by atoms with Crippen molar-refractivity contribution in [2.75, 3.05) is 0 Å². The van der Waals surface area contributed by atoms with E-state index >= 15 is 0 Å². The third kappa shape index (κ3) is 5.07. The summed E-state index contributed by atoms with van der Waals surface area (Å²) in [6.07, 6.45) is 0.541. The maximum absolute atomic E-state index is 11.3. The Hall–Kier alpha value is -0.770. The third-order valence-corrected chi connectivity index (χ3v) is 2.07. The number of hydrogen-bond acceptors (Lipinski definition) is 2. The number of carboxylic acids is 1. The Bertz CT molecular complexity index is 218. The molecule has 1 amide bonds. The highest BCUT2D eigenvalue weighted by atomic mass is 35.5. The molecule has 0 aromatic heterocycles. The molecule has 0 aromatic rings. The molecule has 0 saturated heterocycles. The summed E-state index contributed by atoms with van der Waals surface area (Å²) in [6, 6.07) is -0.893. The van der Waals surface area contributed by atoms with Crippen molar-refractivity contribution in [3.05, 3.63) is 0 Å². The zero-order valence-electron chi connectivity index (χ0n) is 8.58. The first-order valence-electron chi connectivity index (χ1n) is 4.51. The molecule has 4 nitrogen and oxygen atoms in total. The molecule has 0 spiro atoms. The summed E-state index contributed by atoms with van der Waals surface area (Å²) >= 11 is 5.77. The molecule has 2 N–H and O–H groups in total. The zero-order chi connectivity index (χ0) is 11.3. The molecular weight excluding hydrogens is 206 g/mol. The van der Waals surface area contributed by atoms with Crippen LogP contribution < -0.4 is 5.32 Å².